The highest BCUT2D eigenvalue weighted by molar-refractivity contribution is 6.00. The predicted octanol–water partition coefficient (Wildman–Crippen LogP) is 7.39. The molecule has 0 unspecified atom stereocenters. The normalized spacial score (nSPS) is 14.3. The first-order valence-electron chi connectivity index (χ1n) is 13.2. The lowest BCUT2D eigenvalue weighted by atomic mass is 9.98. The molecule has 3 N–H and O–H groups in total. The number of phenolic OH excluding ortho intramolecular Hbond substituents is 1. The highest BCUT2D eigenvalue weighted by Gasteiger charge is 2.17. The van der Waals surface area contributed by atoms with E-state index in [0.29, 0.717) is 11.3 Å². The van der Waals surface area contributed by atoms with Crippen molar-refractivity contribution < 1.29 is 14.2 Å². The zero-order valence-electron chi connectivity index (χ0n) is 21.1. The summed E-state index contributed by atoms with van der Waals surface area (Å²) in [7, 11) is 0. The van der Waals surface area contributed by atoms with Crippen molar-refractivity contribution in [3.05, 3.63) is 79.0 Å². The van der Waals surface area contributed by atoms with Crippen molar-refractivity contribution >= 4 is 21.8 Å². The summed E-state index contributed by atoms with van der Waals surface area (Å²) in [5.74, 6) is 0.132. The number of aromatic amines is 2. The van der Waals surface area contributed by atoms with Gasteiger partial charge in [0.25, 0.3) is 0 Å². The number of hydrogen-bond acceptors (Lipinski definition) is 5. The van der Waals surface area contributed by atoms with Crippen LogP contribution in [0, 0.1) is 5.82 Å². The van der Waals surface area contributed by atoms with E-state index in [1.807, 2.05) is 24.4 Å². The average Bonchev–Trinajstić information content (AvgIpc) is 3.57. The van der Waals surface area contributed by atoms with Crippen LogP contribution in [0.4, 0.5) is 4.39 Å². The number of benzene rings is 2. The molecule has 1 saturated carbocycles. The van der Waals surface area contributed by atoms with Crippen LogP contribution in [0.3, 0.4) is 0 Å². The van der Waals surface area contributed by atoms with E-state index in [4.69, 9.17) is 4.74 Å². The lowest BCUT2D eigenvalue weighted by Crippen LogP contribution is -2.19. The molecule has 0 bridgehead atoms. The number of fused-ring (bicyclic) bond motifs is 2. The second-order valence-corrected chi connectivity index (χ2v) is 10.1. The first-order chi connectivity index (χ1) is 19.1. The molecule has 39 heavy (non-hydrogen) atoms. The van der Waals surface area contributed by atoms with Crippen LogP contribution in [0.25, 0.3) is 55.6 Å². The van der Waals surface area contributed by atoms with Crippen LogP contribution in [0.15, 0.2) is 73.2 Å². The molecule has 0 atom stereocenters. The molecule has 0 aliphatic heterocycles. The molecule has 6 aromatic rings. The molecule has 0 spiro atoms. The van der Waals surface area contributed by atoms with Gasteiger partial charge in [0.2, 0.25) is 0 Å². The molecule has 194 valence electrons. The van der Waals surface area contributed by atoms with Gasteiger partial charge >= 0.3 is 0 Å². The van der Waals surface area contributed by atoms with Gasteiger partial charge in [-0.3, -0.25) is 15.1 Å². The van der Waals surface area contributed by atoms with Gasteiger partial charge in [0.05, 0.1) is 29.2 Å². The predicted molar refractivity (Wildman–Crippen MR) is 149 cm³/mol. The standard InChI is InChI=1S/C31H26FN5O2/c32-21-10-19(11-22(38)14-21)30-26-15-29(35-27(26)8-9-34-30)31-25-13-18(6-7-28(25)36-37-31)20-12-24(17-33-16-20)39-23-4-2-1-3-5-23/h6-17,23,35,38H,1-5H2,(H,36,37). The zero-order chi connectivity index (χ0) is 26.3. The SMILES string of the molecule is Oc1cc(F)cc(-c2nccc3[nH]c(-c4n[nH]c5ccc(-c6cncc(OC7CCCCC7)c6)cc45)cc23)c1. The fraction of sp³-hybridized carbons (Fsp3) is 0.194. The van der Waals surface area contributed by atoms with Crippen LogP contribution in [0.5, 0.6) is 11.5 Å². The fourth-order valence-corrected chi connectivity index (χ4v) is 5.54. The lowest BCUT2D eigenvalue weighted by molar-refractivity contribution is 0.154. The molecule has 4 heterocycles. The van der Waals surface area contributed by atoms with E-state index in [0.717, 1.165) is 69.0 Å². The number of rotatable bonds is 5. The third kappa shape index (κ3) is 4.48. The Balaban J connectivity index is 1.26. The number of aromatic hydroxyl groups is 1. The van der Waals surface area contributed by atoms with E-state index in [2.05, 4.69) is 43.3 Å². The van der Waals surface area contributed by atoms with E-state index in [-0.39, 0.29) is 11.9 Å². The second kappa shape index (κ2) is 9.54. The number of nitrogens with one attached hydrogen (secondary N) is 2. The highest BCUT2D eigenvalue weighted by atomic mass is 19.1. The molecule has 2 aromatic carbocycles. The minimum Gasteiger partial charge on any atom is -0.508 e. The van der Waals surface area contributed by atoms with Gasteiger partial charge in [-0.2, -0.15) is 5.10 Å². The third-order valence-electron chi connectivity index (χ3n) is 7.42. The van der Waals surface area contributed by atoms with Gasteiger partial charge in [0.1, 0.15) is 23.0 Å². The summed E-state index contributed by atoms with van der Waals surface area (Å²) in [6.45, 7) is 0. The molecular formula is C31H26FN5O2. The first-order valence-corrected chi connectivity index (χ1v) is 13.2. The van der Waals surface area contributed by atoms with Crippen molar-refractivity contribution in [2.45, 2.75) is 38.2 Å². The van der Waals surface area contributed by atoms with Gasteiger partial charge in [-0.15, -0.1) is 0 Å². The minimum absolute atomic E-state index is 0.145. The van der Waals surface area contributed by atoms with E-state index in [9.17, 15) is 9.50 Å². The van der Waals surface area contributed by atoms with Gasteiger partial charge in [-0.05, 0) is 73.7 Å². The maximum absolute atomic E-state index is 14.0. The van der Waals surface area contributed by atoms with Gasteiger partial charge in [-0.1, -0.05) is 12.5 Å². The fourth-order valence-electron chi connectivity index (χ4n) is 5.54. The number of nitrogens with zero attached hydrogens (tertiary/aromatic N) is 3. The number of pyridine rings is 2. The summed E-state index contributed by atoms with van der Waals surface area (Å²) in [5.41, 5.74) is 6.37. The summed E-state index contributed by atoms with van der Waals surface area (Å²) in [4.78, 5) is 12.4. The lowest BCUT2D eigenvalue weighted by Gasteiger charge is -2.23. The maximum atomic E-state index is 14.0. The number of phenols is 1. The Morgan fingerprint density at radius 1 is 0.821 bits per heavy atom. The summed E-state index contributed by atoms with van der Waals surface area (Å²) in [5, 5.41) is 19.4. The number of aromatic nitrogens is 5. The Morgan fingerprint density at radius 2 is 1.69 bits per heavy atom. The van der Waals surface area contributed by atoms with Gasteiger partial charge in [-0.25, -0.2) is 4.39 Å². The molecule has 0 amide bonds. The van der Waals surface area contributed by atoms with Gasteiger partial charge in [0.15, 0.2) is 0 Å². The molecule has 0 saturated heterocycles. The smallest absolute Gasteiger partial charge is 0.138 e. The van der Waals surface area contributed by atoms with E-state index < -0.39 is 5.82 Å². The average molecular weight is 520 g/mol. The molecule has 8 heteroatoms. The first kappa shape index (κ1) is 23.4. The Labute approximate surface area is 223 Å². The Morgan fingerprint density at radius 3 is 2.56 bits per heavy atom. The van der Waals surface area contributed by atoms with E-state index in [1.165, 1.54) is 31.4 Å². The van der Waals surface area contributed by atoms with Crippen LogP contribution in [-0.4, -0.2) is 36.4 Å². The monoisotopic (exact) mass is 519 g/mol. The molecule has 0 radical (unpaired) electrons. The molecule has 1 fully saturated rings. The van der Waals surface area contributed by atoms with Crippen LogP contribution in [0.2, 0.25) is 0 Å². The molecular weight excluding hydrogens is 493 g/mol. The highest BCUT2D eigenvalue weighted by Crippen LogP contribution is 2.36. The Hall–Kier alpha value is -4.72. The van der Waals surface area contributed by atoms with Gasteiger partial charge in [0, 0.05) is 45.9 Å². The Bertz CT molecular complexity index is 1800. The van der Waals surface area contributed by atoms with Crippen LogP contribution in [0.1, 0.15) is 32.1 Å². The minimum atomic E-state index is -0.520. The number of hydrogen-bond donors (Lipinski definition) is 3. The topological polar surface area (TPSA) is 99.7 Å². The summed E-state index contributed by atoms with van der Waals surface area (Å²) < 4.78 is 20.3. The van der Waals surface area contributed by atoms with Crippen molar-refractivity contribution in [2.24, 2.45) is 0 Å². The number of ether oxygens (including phenoxy) is 1. The molecule has 7 rings (SSSR count). The van der Waals surface area contributed by atoms with Crippen molar-refractivity contribution in [3.63, 3.8) is 0 Å². The number of halogens is 1. The van der Waals surface area contributed by atoms with Crippen LogP contribution >= 0.6 is 0 Å². The Kier molecular flexibility index (Phi) is 5.73. The van der Waals surface area contributed by atoms with E-state index in [1.54, 1.807) is 12.4 Å². The summed E-state index contributed by atoms with van der Waals surface area (Å²) in [6.07, 6.45) is 11.5. The molecule has 7 nitrogen and oxygen atoms in total. The van der Waals surface area contributed by atoms with E-state index >= 15 is 0 Å². The molecule has 4 aromatic heterocycles. The molecule has 1 aliphatic carbocycles. The summed E-state index contributed by atoms with van der Waals surface area (Å²) >= 11 is 0. The maximum Gasteiger partial charge on any atom is 0.138 e. The zero-order valence-corrected chi connectivity index (χ0v) is 21.1. The van der Waals surface area contributed by atoms with Crippen molar-refractivity contribution in [2.75, 3.05) is 0 Å². The summed E-state index contributed by atoms with van der Waals surface area (Å²) in [6, 6.07) is 16.0. The largest absolute Gasteiger partial charge is 0.508 e. The third-order valence-corrected chi connectivity index (χ3v) is 7.42. The molecule has 1 aliphatic rings. The van der Waals surface area contributed by atoms with Crippen molar-refractivity contribution in [1.82, 2.24) is 25.1 Å². The van der Waals surface area contributed by atoms with Crippen molar-refractivity contribution in [1.29, 1.82) is 0 Å². The second-order valence-electron chi connectivity index (χ2n) is 10.1. The van der Waals surface area contributed by atoms with Crippen LogP contribution < -0.4 is 4.74 Å². The number of H-pyrrole nitrogens is 2. The van der Waals surface area contributed by atoms with Crippen LogP contribution in [-0.2, 0) is 0 Å². The quantitative estimate of drug-likeness (QED) is 0.220. The van der Waals surface area contributed by atoms with Gasteiger partial charge < -0.3 is 14.8 Å². The van der Waals surface area contributed by atoms with Crippen molar-refractivity contribution in [3.8, 4) is 45.3 Å².